The Morgan fingerprint density at radius 1 is 1.06 bits per heavy atom. The maximum Gasteiger partial charge on any atom is 0.188 e. The lowest BCUT2D eigenvalue weighted by Crippen LogP contribution is -2.41. The third-order valence-corrected chi connectivity index (χ3v) is 16.1. The van der Waals surface area contributed by atoms with Crippen LogP contribution in [0.4, 0.5) is 0 Å². The van der Waals surface area contributed by atoms with Gasteiger partial charge >= 0.3 is 0 Å². The van der Waals surface area contributed by atoms with E-state index in [1.807, 2.05) is 38.3 Å². The van der Waals surface area contributed by atoms with E-state index in [0.717, 1.165) is 37.7 Å². The molecular formula is C25H42O4Si2. The Bertz CT molecular complexity index is 820. The van der Waals surface area contributed by atoms with Crippen LogP contribution < -0.4 is 4.74 Å². The summed E-state index contributed by atoms with van der Waals surface area (Å²) in [5.41, 5.74) is 1.83. The van der Waals surface area contributed by atoms with Gasteiger partial charge in [-0.25, -0.2) is 0 Å². The van der Waals surface area contributed by atoms with Crippen LogP contribution in [-0.4, -0.2) is 38.6 Å². The minimum absolute atomic E-state index is 0.0664. The van der Waals surface area contributed by atoms with E-state index in [4.69, 9.17) is 4.74 Å². The summed E-state index contributed by atoms with van der Waals surface area (Å²) in [6.45, 7) is 17.0. The number of fused-ring (bicyclic) bond motifs is 3. The molecule has 3 rings (SSSR count). The van der Waals surface area contributed by atoms with Gasteiger partial charge in [0.2, 0.25) is 0 Å². The lowest BCUT2D eigenvalue weighted by Gasteiger charge is -2.40. The SMILES string of the molecule is CC(C)(CC[C@H]1[C@H](CC(C)(C)[Si](C)(C)O)C[C@@H]2Oc3c(C=O)cccc3[C@H]12)[Si](C)(C)O. The summed E-state index contributed by atoms with van der Waals surface area (Å²) in [6.07, 6.45) is 4.98. The summed E-state index contributed by atoms with van der Waals surface area (Å²) in [4.78, 5) is 33.3. The minimum atomic E-state index is -2.31. The van der Waals surface area contributed by atoms with Crippen LogP contribution in [-0.2, 0) is 0 Å². The van der Waals surface area contributed by atoms with Gasteiger partial charge in [-0.15, -0.1) is 0 Å². The summed E-state index contributed by atoms with van der Waals surface area (Å²) in [6, 6.07) is 5.94. The number of carbonyl (C=O) groups is 1. The Kier molecular flexibility index (Phi) is 6.46. The van der Waals surface area contributed by atoms with E-state index in [9.17, 15) is 14.4 Å². The molecule has 0 unspecified atom stereocenters. The van der Waals surface area contributed by atoms with Gasteiger partial charge in [0, 0.05) is 11.5 Å². The Balaban J connectivity index is 1.93. The highest BCUT2D eigenvalue weighted by Gasteiger charge is 2.53. The quantitative estimate of drug-likeness (QED) is 0.361. The maximum absolute atomic E-state index is 11.6. The molecule has 1 aliphatic carbocycles. The van der Waals surface area contributed by atoms with Gasteiger partial charge in [0.1, 0.15) is 11.9 Å². The van der Waals surface area contributed by atoms with Gasteiger partial charge in [0.15, 0.2) is 22.9 Å². The second-order valence-corrected chi connectivity index (χ2v) is 21.3. The summed E-state index contributed by atoms with van der Waals surface area (Å²) in [5, 5.41) is -0.147. The van der Waals surface area contributed by atoms with Gasteiger partial charge in [-0.2, -0.15) is 0 Å². The Morgan fingerprint density at radius 2 is 1.68 bits per heavy atom. The van der Waals surface area contributed by atoms with Crippen LogP contribution in [0.2, 0.25) is 36.3 Å². The predicted molar refractivity (Wildman–Crippen MR) is 132 cm³/mol. The largest absolute Gasteiger partial charge is 0.489 e. The second-order valence-electron chi connectivity index (χ2n) is 12.4. The van der Waals surface area contributed by atoms with Gasteiger partial charge in [0.25, 0.3) is 0 Å². The number of carbonyl (C=O) groups excluding carboxylic acids is 1. The summed E-state index contributed by atoms with van der Waals surface area (Å²) in [5.74, 6) is 1.97. The Morgan fingerprint density at radius 3 is 2.23 bits per heavy atom. The van der Waals surface area contributed by atoms with Crippen molar-refractivity contribution in [2.45, 2.75) is 102 Å². The molecule has 1 fully saturated rings. The molecule has 0 aromatic heterocycles. The van der Waals surface area contributed by atoms with Crippen molar-refractivity contribution in [2.75, 3.05) is 0 Å². The molecule has 6 heteroatoms. The van der Waals surface area contributed by atoms with Crippen molar-refractivity contribution in [3.63, 3.8) is 0 Å². The third kappa shape index (κ3) is 4.59. The molecule has 1 aliphatic heterocycles. The first-order valence-corrected chi connectivity index (χ1v) is 17.7. The first-order chi connectivity index (χ1) is 14.1. The first kappa shape index (κ1) is 24.7. The molecule has 4 nitrogen and oxygen atoms in total. The van der Waals surface area contributed by atoms with Crippen LogP contribution in [0.15, 0.2) is 18.2 Å². The van der Waals surface area contributed by atoms with Crippen molar-refractivity contribution in [2.24, 2.45) is 11.8 Å². The van der Waals surface area contributed by atoms with Crippen LogP contribution in [0.5, 0.6) is 5.75 Å². The number of hydrogen-bond donors (Lipinski definition) is 2. The van der Waals surface area contributed by atoms with Crippen LogP contribution in [0, 0.1) is 11.8 Å². The molecule has 1 heterocycles. The number of benzene rings is 1. The predicted octanol–water partition coefficient (Wildman–Crippen LogP) is 6.11. The molecule has 0 bridgehead atoms. The average Bonchev–Trinajstić information content (AvgIpc) is 3.13. The molecule has 1 aromatic carbocycles. The molecule has 1 saturated carbocycles. The number of para-hydroxylation sites is 1. The van der Waals surface area contributed by atoms with E-state index in [1.54, 1.807) is 0 Å². The maximum atomic E-state index is 11.6. The van der Waals surface area contributed by atoms with Gasteiger partial charge < -0.3 is 14.3 Å². The van der Waals surface area contributed by atoms with Crippen molar-refractivity contribution < 1.29 is 19.1 Å². The van der Waals surface area contributed by atoms with E-state index in [0.29, 0.717) is 23.3 Å². The number of hydrogen-bond acceptors (Lipinski definition) is 4. The average molecular weight is 463 g/mol. The fourth-order valence-electron chi connectivity index (χ4n) is 5.35. The zero-order valence-corrected chi connectivity index (χ0v) is 22.7. The minimum Gasteiger partial charge on any atom is -0.489 e. The van der Waals surface area contributed by atoms with Crippen LogP contribution >= 0.6 is 0 Å². The number of ether oxygens (including phenoxy) is 1. The third-order valence-electron chi connectivity index (χ3n) is 9.02. The zero-order chi connectivity index (χ0) is 23.4. The van der Waals surface area contributed by atoms with E-state index < -0.39 is 16.6 Å². The van der Waals surface area contributed by atoms with Gasteiger partial charge in [-0.1, -0.05) is 39.8 Å². The normalized spacial score (nSPS) is 26.4. The van der Waals surface area contributed by atoms with Gasteiger partial charge in [-0.3, -0.25) is 4.79 Å². The van der Waals surface area contributed by atoms with Gasteiger partial charge in [0.05, 0.1) is 5.56 Å². The molecule has 2 N–H and O–H groups in total. The highest BCUT2D eigenvalue weighted by molar-refractivity contribution is 6.73. The lowest BCUT2D eigenvalue weighted by molar-refractivity contribution is 0.111. The standard InChI is InChI=1S/C25H42O4Si2/c1-24(2,30(5,6)27)13-12-19-18(15-25(3,4)31(7,8)28)14-21-22(19)20-11-9-10-17(16-26)23(20)29-21/h9-11,16,18-19,21-22,27-28H,12-15H2,1-8H3/t18-,19-,21-,22-/m0/s1. The smallest absolute Gasteiger partial charge is 0.188 e. The molecule has 0 radical (unpaired) electrons. The fraction of sp³-hybridized carbons (Fsp3) is 0.720. The van der Waals surface area contributed by atoms with Crippen molar-refractivity contribution in [1.82, 2.24) is 0 Å². The van der Waals surface area contributed by atoms with E-state index in [1.165, 1.54) is 5.56 Å². The monoisotopic (exact) mass is 462 g/mol. The molecular weight excluding hydrogens is 420 g/mol. The molecule has 174 valence electrons. The highest BCUT2D eigenvalue weighted by Crippen LogP contribution is 2.59. The summed E-state index contributed by atoms with van der Waals surface area (Å²) >= 11 is 0. The molecule has 0 saturated heterocycles. The fourth-order valence-corrected chi connectivity index (χ4v) is 6.86. The van der Waals surface area contributed by atoms with Crippen LogP contribution in [0.25, 0.3) is 0 Å². The second kappa shape index (κ2) is 8.12. The van der Waals surface area contributed by atoms with Crippen molar-refractivity contribution in [3.05, 3.63) is 29.3 Å². The number of aldehydes is 1. The lowest BCUT2D eigenvalue weighted by atomic mass is 9.77. The van der Waals surface area contributed by atoms with Crippen LogP contribution in [0.1, 0.15) is 75.2 Å². The van der Waals surface area contributed by atoms with E-state index in [2.05, 4.69) is 33.8 Å². The number of rotatable bonds is 8. The molecule has 4 atom stereocenters. The molecule has 0 spiro atoms. The van der Waals surface area contributed by atoms with Gasteiger partial charge in [-0.05, 0) is 79.9 Å². The van der Waals surface area contributed by atoms with Crippen molar-refractivity contribution in [3.8, 4) is 5.75 Å². The topological polar surface area (TPSA) is 66.8 Å². The Labute approximate surface area is 190 Å². The highest BCUT2D eigenvalue weighted by atomic mass is 28.4. The summed E-state index contributed by atoms with van der Waals surface area (Å²) < 4.78 is 6.39. The molecule has 0 amide bonds. The zero-order valence-electron chi connectivity index (χ0n) is 20.7. The van der Waals surface area contributed by atoms with Crippen molar-refractivity contribution >= 4 is 22.9 Å². The summed E-state index contributed by atoms with van der Waals surface area (Å²) in [7, 11) is -4.60. The van der Waals surface area contributed by atoms with Crippen LogP contribution in [0.3, 0.4) is 0 Å². The molecule has 1 aromatic rings. The Hall–Kier alpha value is -0.956. The first-order valence-electron chi connectivity index (χ1n) is 11.8. The van der Waals surface area contributed by atoms with E-state index in [-0.39, 0.29) is 16.2 Å². The van der Waals surface area contributed by atoms with Crippen molar-refractivity contribution in [1.29, 1.82) is 0 Å². The molecule has 2 aliphatic rings. The van der Waals surface area contributed by atoms with E-state index >= 15 is 0 Å². The molecule has 31 heavy (non-hydrogen) atoms.